The molecule has 1 heterocycles. The van der Waals surface area contributed by atoms with Gasteiger partial charge < -0.3 is 5.11 Å². The highest BCUT2D eigenvalue weighted by atomic mass is 16.4. The van der Waals surface area contributed by atoms with Crippen molar-refractivity contribution < 1.29 is 9.90 Å². The Hall–Kier alpha value is -0.570. The number of hydrogen-bond acceptors (Lipinski definition) is 2. The summed E-state index contributed by atoms with van der Waals surface area (Å²) in [6.45, 7) is 4.35. The minimum absolute atomic E-state index is 0.0632. The summed E-state index contributed by atoms with van der Waals surface area (Å²) in [5.41, 5.74) is -0.0632. The quantitative estimate of drug-likeness (QED) is 0.774. The van der Waals surface area contributed by atoms with Crippen LogP contribution in [0.1, 0.15) is 45.4 Å². The van der Waals surface area contributed by atoms with E-state index < -0.39 is 5.97 Å². The predicted octanol–water partition coefficient (Wildman–Crippen LogP) is 2.12. The lowest BCUT2D eigenvalue weighted by Gasteiger charge is -2.43. The highest BCUT2D eigenvalue weighted by Gasteiger charge is 2.46. The van der Waals surface area contributed by atoms with Crippen LogP contribution < -0.4 is 0 Å². The second-order valence-corrected chi connectivity index (χ2v) is 5.25. The molecule has 0 amide bonds. The van der Waals surface area contributed by atoms with Crippen molar-refractivity contribution in [2.24, 2.45) is 5.92 Å². The minimum Gasteiger partial charge on any atom is -0.481 e. The predicted molar refractivity (Wildman–Crippen MR) is 58.8 cm³/mol. The van der Waals surface area contributed by atoms with E-state index in [1.807, 2.05) is 0 Å². The van der Waals surface area contributed by atoms with Gasteiger partial charge in [0.2, 0.25) is 0 Å². The third-order valence-corrected chi connectivity index (χ3v) is 4.04. The highest BCUT2D eigenvalue weighted by Crippen LogP contribution is 2.45. The Morgan fingerprint density at radius 2 is 1.93 bits per heavy atom. The Morgan fingerprint density at radius 3 is 2.40 bits per heavy atom. The standard InChI is InChI=1S/C12H21NO2/c1-12(9-11(14)15,10-5-6-10)13-7-3-2-4-8-13/h10H,2-9H2,1H3,(H,14,15). The summed E-state index contributed by atoms with van der Waals surface area (Å²) in [5, 5.41) is 9.03. The van der Waals surface area contributed by atoms with E-state index in [4.69, 9.17) is 5.11 Å². The van der Waals surface area contributed by atoms with Crippen LogP contribution in [0.15, 0.2) is 0 Å². The molecule has 2 fully saturated rings. The summed E-state index contributed by atoms with van der Waals surface area (Å²) < 4.78 is 0. The number of piperidine rings is 1. The molecule has 1 atom stereocenters. The molecule has 3 nitrogen and oxygen atoms in total. The van der Waals surface area contributed by atoms with E-state index in [1.165, 1.54) is 32.1 Å². The molecule has 15 heavy (non-hydrogen) atoms. The Kier molecular flexibility index (Phi) is 3.01. The minimum atomic E-state index is -0.644. The first kappa shape index (κ1) is 10.9. The Labute approximate surface area is 91.5 Å². The van der Waals surface area contributed by atoms with Crippen molar-refractivity contribution in [2.45, 2.75) is 51.0 Å². The molecule has 0 aromatic carbocycles. The van der Waals surface area contributed by atoms with E-state index in [9.17, 15) is 4.79 Å². The lowest BCUT2D eigenvalue weighted by Crippen LogP contribution is -2.51. The van der Waals surface area contributed by atoms with E-state index in [0.717, 1.165) is 13.1 Å². The molecule has 0 aromatic heterocycles. The molecule has 1 saturated heterocycles. The number of hydrogen-bond donors (Lipinski definition) is 1. The zero-order valence-electron chi connectivity index (χ0n) is 9.54. The molecular weight excluding hydrogens is 190 g/mol. The summed E-state index contributed by atoms with van der Waals surface area (Å²) in [7, 11) is 0. The summed E-state index contributed by atoms with van der Waals surface area (Å²) in [6, 6.07) is 0. The zero-order chi connectivity index (χ0) is 10.9. The van der Waals surface area contributed by atoms with Gasteiger partial charge >= 0.3 is 5.97 Å². The lowest BCUT2D eigenvalue weighted by molar-refractivity contribution is -0.141. The second-order valence-electron chi connectivity index (χ2n) is 5.25. The molecule has 86 valence electrons. The maximum absolute atomic E-state index is 11.0. The number of carboxylic acids is 1. The molecule has 0 spiro atoms. The second kappa shape index (κ2) is 4.12. The molecule has 0 bridgehead atoms. The number of nitrogens with zero attached hydrogens (tertiary/aromatic N) is 1. The summed E-state index contributed by atoms with van der Waals surface area (Å²) >= 11 is 0. The zero-order valence-corrected chi connectivity index (χ0v) is 9.54. The van der Waals surface area contributed by atoms with E-state index in [0.29, 0.717) is 12.3 Å². The normalized spacial score (nSPS) is 27.3. The molecule has 1 unspecified atom stereocenters. The fraction of sp³-hybridized carbons (Fsp3) is 0.917. The van der Waals surface area contributed by atoms with Gasteiger partial charge in [-0.05, 0) is 51.6 Å². The molecule has 3 heteroatoms. The van der Waals surface area contributed by atoms with Crippen molar-refractivity contribution in [3.8, 4) is 0 Å². The van der Waals surface area contributed by atoms with Crippen LogP contribution >= 0.6 is 0 Å². The first-order valence-corrected chi connectivity index (χ1v) is 6.10. The van der Waals surface area contributed by atoms with Crippen LogP contribution in [0.3, 0.4) is 0 Å². The summed E-state index contributed by atoms with van der Waals surface area (Å²) in [4.78, 5) is 13.4. The average molecular weight is 211 g/mol. The van der Waals surface area contributed by atoms with Crippen LogP contribution in [0, 0.1) is 5.92 Å². The van der Waals surface area contributed by atoms with Crippen LogP contribution in [0.25, 0.3) is 0 Å². The van der Waals surface area contributed by atoms with E-state index in [2.05, 4.69) is 11.8 Å². The van der Waals surface area contributed by atoms with Crippen molar-refractivity contribution in [1.29, 1.82) is 0 Å². The molecule has 1 N–H and O–H groups in total. The summed E-state index contributed by atoms with van der Waals surface area (Å²) in [5.74, 6) is -0.0123. The molecule has 0 aromatic rings. The Bertz CT molecular complexity index is 244. The van der Waals surface area contributed by atoms with Crippen molar-refractivity contribution in [3.05, 3.63) is 0 Å². The first-order chi connectivity index (χ1) is 7.13. The van der Waals surface area contributed by atoms with Gasteiger partial charge in [-0.15, -0.1) is 0 Å². The van der Waals surface area contributed by atoms with E-state index in [1.54, 1.807) is 0 Å². The molecule has 2 aliphatic rings. The molecule has 2 rings (SSSR count). The maximum atomic E-state index is 11.0. The van der Waals surface area contributed by atoms with Crippen molar-refractivity contribution >= 4 is 5.97 Å². The van der Waals surface area contributed by atoms with Gasteiger partial charge in [-0.25, -0.2) is 0 Å². The third-order valence-electron chi connectivity index (χ3n) is 4.04. The highest BCUT2D eigenvalue weighted by molar-refractivity contribution is 5.68. The number of aliphatic carboxylic acids is 1. The van der Waals surface area contributed by atoms with Crippen molar-refractivity contribution in [3.63, 3.8) is 0 Å². The van der Waals surface area contributed by atoms with Gasteiger partial charge in [-0.2, -0.15) is 0 Å². The Balaban J connectivity index is 2.05. The molecule has 1 aliphatic carbocycles. The first-order valence-electron chi connectivity index (χ1n) is 6.10. The third kappa shape index (κ3) is 2.33. The lowest BCUT2D eigenvalue weighted by atomic mass is 9.87. The van der Waals surface area contributed by atoms with Crippen molar-refractivity contribution in [2.75, 3.05) is 13.1 Å². The number of likely N-dealkylation sites (tertiary alicyclic amines) is 1. The monoisotopic (exact) mass is 211 g/mol. The van der Waals surface area contributed by atoms with Gasteiger partial charge in [0.1, 0.15) is 0 Å². The van der Waals surface area contributed by atoms with E-state index in [-0.39, 0.29) is 5.54 Å². The number of carboxylic acid groups (broad SMARTS) is 1. The topological polar surface area (TPSA) is 40.5 Å². The largest absolute Gasteiger partial charge is 0.481 e. The average Bonchev–Trinajstić information content (AvgIpc) is 3.01. The van der Waals surface area contributed by atoms with Gasteiger partial charge in [0, 0.05) is 5.54 Å². The van der Waals surface area contributed by atoms with Gasteiger partial charge in [0.15, 0.2) is 0 Å². The van der Waals surface area contributed by atoms with Gasteiger partial charge in [0.25, 0.3) is 0 Å². The van der Waals surface area contributed by atoms with E-state index >= 15 is 0 Å². The van der Waals surface area contributed by atoms with Crippen LogP contribution in [0.2, 0.25) is 0 Å². The SMILES string of the molecule is CC(CC(=O)O)(C1CC1)N1CCCCC1. The molecule has 1 saturated carbocycles. The fourth-order valence-electron chi connectivity index (χ4n) is 2.93. The van der Waals surface area contributed by atoms with Crippen LogP contribution in [-0.4, -0.2) is 34.6 Å². The number of carbonyl (C=O) groups is 1. The van der Waals surface area contributed by atoms with Gasteiger partial charge in [-0.1, -0.05) is 6.42 Å². The molecule has 1 aliphatic heterocycles. The summed E-state index contributed by atoms with van der Waals surface area (Å²) in [6.07, 6.45) is 6.55. The van der Waals surface area contributed by atoms with Gasteiger partial charge in [-0.3, -0.25) is 9.69 Å². The van der Waals surface area contributed by atoms with Crippen LogP contribution in [-0.2, 0) is 4.79 Å². The smallest absolute Gasteiger partial charge is 0.305 e. The fourth-order valence-corrected chi connectivity index (χ4v) is 2.93. The van der Waals surface area contributed by atoms with Gasteiger partial charge in [0.05, 0.1) is 6.42 Å². The maximum Gasteiger partial charge on any atom is 0.305 e. The van der Waals surface area contributed by atoms with Crippen LogP contribution in [0.5, 0.6) is 0 Å². The van der Waals surface area contributed by atoms with Crippen LogP contribution in [0.4, 0.5) is 0 Å². The Morgan fingerprint density at radius 1 is 1.33 bits per heavy atom. The molecular formula is C12H21NO2. The van der Waals surface area contributed by atoms with Crippen molar-refractivity contribution in [1.82, 2.24) is 4.90 Å². The molecule has 0 radical (unpaired) electrons. The number of rotatable bonds is 4.